The van der Waals surface area contributed by atoms with E-state index >= 15 is 0 Å². The van der Waals surface area contributed by atoms with Crippen molar-refractivity contribution in [2.75, 3.05) is 33.5 Å². The van der Waals surface area contributed by atoms with Gasteiger partial charge in [0.05, 0.1) is 51.3 Å². The summed E-state index contributed by atoms with van der Waals surface area (Å²) in [4.78, 5) is 159. The fourth-order valence-corrected chi connectivity index (χ4v) is 5.89. The Kier molecular flexibility index (Phi) is 18.3. The second-order valence-corrected chi connectivity index (χ2v) is 13.2. The number of carbonyl (C=O) groups excluding carboxylic acids is 4. The summed E-state index contributed by atoms with van der Waals surface area (Å²) in [5.41, 5.74) is -2.79. The Morgan fingerprint density at radius 2 is 1.13 bits per heavy atom. The Morgan fingerprint density at radius 1 is 0.694 bits per heavy atom. The number of imide groups is 1. The number of nitrogens with zero attached hydrogens (tertiary/aromatic N) is 8. The van der Waals surface area contributed by atoms with Gasteiger partial charge in [0, 0.05) is 18.2 Å². The van der Waals surface area contributed by atoms with Gasteiger partial charge < -0.3 is 24.3 Å². The van der Waals surface area contributed by atoms with Crippen LogP contribution < -0.4 is 22.2 Å². The van der Waals surface area contributed by atoms with Crippen molar-refractivity contribution in [2.45, 2.75) is 72.6 Å². The third-order valence-electron chi connectivity index (χ3n) is 9.20. The Hall–Kier alpha value is -7.80. The number of aryl methyl sites for hydroxylation is 1. The van der Waals surface area contributed by atoms with Crippen molar-refractivity contribution >= 4 is 46.1 Å². The second kappa shape index (κ2) is 22.5. The van der Waals surface area contributed by atoms with E-state index < -0.39 is 81.6 Å². The maximum absolute atomic E-state index is 12.9. The van der Waals surface area contributed by atoms with E-state index in [2.05, 4.69) is 30.0 Å². The van der Waals surface area contributed by atoms with Crippen LogP contribution in [0.3, 0.4) is 0 Å². The predicted molar refractivity (Wildman–Crippen MR) is 215 cm³/mol. The minimum absolute atomic E-state index is 0.00696. The standard InChI is InChI=1S/C18H22N4O9.C16H14N4O9.C2H6/c1-11-5-14(7-23)16(17(25)20(4)12(2)9-31-22(28)29)6-15(11)18(26)21(10-24)13(3)8-30-19-27;1-7(5-28-17-25)18-13(21)9-3-11-12(4-10(9)14(18)22)16(24)19(15(11)23)8(2)6-29-20(26)27;1-2/h5-7,10,12-13H,8-9H2,1-4H3;3-4,7-8H,5-6H2,1-2H3;1-2H3/t12-,13-;;/m1../s1. The van der Waals surface area contributed by atoms with E-state index in [4.69, 9.17) is 0 Å². The van der Waals surface area contributed by atoms with Gasteiger partial charge in [0.25, 0.3) is 44.2 Å². The van der Waals surface area contributed by atoms with Gasteiger partial charge in [-0.05, 0) is 64.4 Å². The van der Waals surface area contributed by atoms with E-state index in [1.807, 2.05) is 13.8 Å². The molecule has 4 rings (SSSR count). The number of carbonyl (C=O) groups is 4. The van der Waals surface area contributed by atoms with Crippen molar-refractivity contribution in [2.24, 2.45) is 10.7 Å². The van der Waals surface area contributed by atoms with Gasteiger partial charge in [-0.25, -0.2) is 0 Å². The van der Waals surface area contributed by atoms with E-state index in [1.165, 1.54) is 53.8 Å². The van der Waals surface area contributed by atoms with Gasteiger partial charge in [-0.2, -0.15) is 0 Å². The zero-order chi connectivity index (χ0) is 47.2. The first-order valence-corrected chi connectivity index (χ1v) is 18.3. The first kappa shape index (κ1) is 50.3. The maximum atomic E-state index is 12.9. The van der Waals surface area contributed by atoms with Crippen LogP contribution in [0.5, 0.6) is 0 Å². The van der Waals surface area contributed by atoms with Crippen molar-refractivity contribution in [3.05, 3.63) is 118 Å². The quantitative estimate of drug-likeness (QED) is 0.0531. The molecule has 0 fully saturated rings. The highest BCUT2D eigenvalue weighted by Gasteiger charge is 2.28. The highest BCUT2D eigenvalue weighted by atomic mass is 17.0. The zero-order valence-corrected chi connectivity index (χ0v) is 34.5. The number of hydrogen-bond donors (Lipinski definition) is 0. The molecule has 0 saturated carbocycles. The lowest BCUT2D eigenvalue weighted by Crippen LogP contribution is -2.41. The highest BCUT2D eigenvalue weighted by molar-refractivity contribution is 6.07. The molecule has 62 heavy (non-hydrogen) atoms. The lowest BCUT2D eigenvalue weighted by atomic mass is 9.97. The SMILES string of the molecule is CC.CC(CON=O)n1c(=O)c2cc3c(=O)n(C(C)CO[N+](=O)[O-])c(=O)c3cc2c1=O.Cc1cc(C=O)c(C(=O)N(C)[C@H](C)CO[N+](=O)[O-])cc1C(=O)N(C=O)[C@H](C)CON=O. The van der Waals surface area contributed by atoms with E-state index in [-0.39, 0.29) is 57.9 Å². The van der Waals surface area contributed by atoms with E-state index in [9.17, 15) is 68.4 Å². The van der Waals surface area contributed by atoms with Gasteiger partial charge >= 0.3 is 0 Å². The van der Waals surface area contributed by atoms with Crippen molar-refractivity contribution in [1.82, 2.24) is 18.9 Å². The molecule has 2 unspecified atom stereocenters. The molecule has 4 aromatic rings. The molecule has 0 bridgehead atoms. The van der Waals surface area contributed by atoms with Crippen molar-refractivity contribution in [3.8, 4) is 0 Å². The van der Waals surface area contributed by atoms with E-state index in [0.717, 1.165) is 31.1 Å². The molecule has 0 aliphatic carbocycles. The zero-order valence-electron chi connectivity index (χ0n) is 34.5. The smallest absolute Gasteiger partial charge is 0.294 e. The Balaban J connectivity index is 0.000000411. The number of fused-ring (bicyclic) bond motifs is 2. The second-order valence-electron chi connectivity index (χ2n) is 13.2. The number of amides is 3. The third kappa shape index (κ3) is 11.3. The van der Waals surface area contributed by atoms with Gasteiger partial charge in [-0.3, -0.25) is 52.4 Å². The van der Waals surface area contributed by atoms with Gasteiger partial charge in [-0.1, -0.05) is 13.8 Å². The number of rotatable bonds is 20. The van der Waals surface area contributed by atoms with Crippen LogP contribution >= 0.6 is 0 Å². The number of aromatic nitrogens is 2. The summed E-state index contributed by atoms with van der Waals surface area (Å²) in [6, 6.07) is 1.47. The van der Waals surface area contributed by atoms with Crippen LogP contribution in [-0.2, 0) is 24.1 Å². The van der Waals surface area contributed by atoms with Crippen LogP contribution in [-0.4, -0.2) is 99.2 Å². The molecule has 4 atom stereocenters. The first-order valence-electron chi connectivity index (χ1n) is 18.3. The average molecular weight is 875 g/mol. The lowest BCUT2D eigenvalue weighted by Gasteiger charge is -2.26. The summed E-state index contributed by atoms with van der Waals surface area (Å²) in [6.45, 7) is 9.76. The Labute approximate surface area is 348 Å². The molecule has 2 aromatic heterocycles. The monoisotopic (exact) mass is 874 g/mol. The summed E-state index contributed by atoms with van der Waals surface area (Å²) in [5.74, 6) is -1.47. The largest absolute Gasteiger partial charge is 0.362 e. The normalized spacial score (nSPS) is 12.5. The lowest BCUT2D eigenvalue weighted by molar-refractivity contribution is -0.758. The third-order valence-corrected chi connectivity index (χ3v) is 9.20. The number of hydrogen-bond acceptors (Lipinski definition) is 20. The van der Waals surface area contributed by atoms with E-state index in [1.54, 1.807) is 0 Å². The van der Waals surface area contributed by atoms with E-state index in [0.29, 0.717) is 11.8 Å². The minimum atomic E-state index is -1.04. The molecule has 3 amide bonds. The fourth-order valence-electron chi connectivity index (χ4n) is 5.89. The molecule has 2 heterocycles. The molecular weight excluding hydrogens is 832 g/mol. The molecule has 26 heteroatoms. The number of benzene rings is 2. The minimum Gasteiger partial charge on any atom is -0.362 e. The van der Waals surface area contributed by atoms with Gasteiger partial charge in [0.1, 0.15) is 26.4 Å². The molecule has 26 nitrogen and oxygen atoms in total. The summed E-state index contributed by atoms with van der Waals surface area (Å²) >= 11 is 0. The van der Waals surface area contributed by atoms with Crippen molar-refractivity contribution in [3.63, 3.8) is 0 Å². The van der Waals surface area contributed by atoms with Crippen LogP contribution in [0.4, 0.5) is 0 Å². The predicted octanol–water partition coefficient (Wildman–Crippen LogP) is 2.13. The molecule has 0 aliphatic heterocycles. The Bertz CT molecular complexity index is 2460. The fraction of sp³-hybridized carbons (Fsp3) is 0.444. The molecular formula is C36H42N8O18. The average Bonchev–Trinajstić information content (AvgIpc) is 3.65. The van der Waals surface area contributed by atoms with Crippen LogP contribution in [0, 0.1) is 37.0 Å². The summed E-state index contributed by atoms with van der Waals surface area (Å²) < 4.78 is 1.63. The molecule has 0 radical (unpaired) electrons. The van der Waals surface area contributed by atoms with Crippen molar-refractivity contribution < 1.29 is 48.7 Å². The van der Waals surface area contributed by atoms with Gasteiger partial charge in [-0.15, -0.1) is 30.0 Å². The molecule has 2 aromatic carbocycles. The number of aldehydes is 1. The van der Waals surface area contributed by atoms with Crippen LogP contribution in [0.25, 0.3) is 21.5 Å². The molecule has 0 aliphatic rings. The van der Waals surface area contributed by atoms with Crippen LogP contribution in [0.2, 0.25) is 0 Å². The molecule has 0 spiro atoms. The first-order chi connectivity index (χ1) is 29.3. The highest BCUT2D eigenvalue weighted by Crippen LogP contribution is 2.21. The van der Waals surface area contributed by atoms with Crippen LogP contribution in [0.1, 0.15) is 90.3 Å². The number of likely N-dealkylation sites (N-methyl/N-ethyl adjacent to an activating group) is 1. The van der Waals surface area contributed by atoms with Crippen LogP contribution in [0.15, 0.2) is 54.1 Å². The molecule has 334 valence electrons. The summed E-state index contributed by atoms with van der Waals surface area (Å²) in [7, 11) is 1.36. The summed E-state index contributed by atoms with van der Waals surface area (Å²) in [6.07, 6.45) is 0.684. The summed E-state index contributed by atoms with van der Waals surface area (Å²) in [5, 5.41) is 22.8. The van der Waals surface area contributed by atoms with Gasteiger partial charge in [0.2, 0.25) is 6.41 Å². The maximum Gasteiger partial charge on any atom is 0.294 e. The van der Waals surface area contributed by atoms with Gasteiger partial charge in [0.15, 0.2) is 17.0 Å². The topological polar surface area (TPSA) is 335 Å². The molecule has 0 saturated heterocycles. The Morgan fingerprint density at radius 3 is 1.55 bits per heavy atom. The molecule has 0 N–H and O–H groups in total. The van der Waals surface area contributed by atoms with Crippen molar-refractivity contribution in [1.29, 1.82) is 0 Å².